The number of hydrogen-bond acceptors (Lipinski definition) is 2. The summed E-state index contributed by atoms with van der Waals surface area (Å²) in [4.78, 5) is 13.7. The first-order valence-electron chi connectivity index (χ1n) is 10.5. The number of piperidine rings is 1. The summed E-state index contributed by atoms with van der Waals surface area (Å²) in [5.74, 6) is -1.28. The number of carbonyl (C=O) groups is 1. The third kappa shape index (κ3) is 3.95. The van der Waals surface area contributed by atoms with Crippen molar-refractivity contribution in [2.24, 2.45) is 17.6 Å². The number of anilines is 1. The zero-order valence-electron chi connectivity index (χ0n) is 17.1. The first kappa shape index (κ1) is 20.1. The van der Waals surface area contributed by atoms with Gasteiger partial charge in [0.15, 0.2) is 6.30 Å². The van der Waals surface area contributed by atoms with Gasteiger partial charge in [-0.1, -0.05) is 79.7 Å². The Kier molecular flexibility index (Phi) is 5.84. The third-order valence-corrected chi connectivity index (χ3v) is 6.34. The Morgan fingerprint density at radius 2 is 1.50 bits per heavy atom. The van der Waals surface area contributed by atoms with Crippen molar-refractivity contribution < 1.29 is 9.18 Å². The molecule has 1 saturated heterocycles. The lowest BCUT2D eigenvalue weighted by Gasteiger charge is -2.44. The van der Waals surface area contributed by atoms with Crippen molar-refractivity contribution in [3.05, 3.63) is 90.5 Å². The van der Waals surface area contributed by atoms with Gasteiger partial charge in [-0.05, 0) is 41.2 Å². The van der Waals surface area contributed by atoms with Crippen LogP contribution in [-0.2, 0) is 4.79 Å². The predicted octanol–water partition coefficient (Wildman–Crippen LogP) is 5.38. The van der Waals surface area contributed by atoms with E-state index in [0.717, 1.165) is 22.4 Å². The Hall–Kier alpha value is -3.14. The molecule has 30 heavy (non-hydrogen) atoms. The van der Waals surface area contributed by atoms with Crippen molar-refractivity contribution in [1.29, 1.82) is 0 Å². The lowest BCUT2D eigenvalue weighted by molar-refractivity contribution is -0.123. The fraction of sp³-hybridized carbons (Fsp3) is 0.269. The van der Waals surface area contributed by atoms with Gasteiger partial charge < -0.3 is 10.6 Å². The molecule has 0 bridgehead atoms. The topological polar surface area (TPSA) is 46.3 Å². The van der Waals surface area contributed by atoms with Gasteiger partial charge >= 0.3 is 0 Å². The molecule has 1 amide bonds. The van der Waals surface area contributed by atoms with Gasteiger partial charge in [0, 0.05) is 24.1 Å². The highest BCUT2D eigenvalue weighted by atomic mass is 19.1. The van der Waals surface area contributed by atoms with E-state index >= 15 is 4.39 Å². The van der Waals surface area contributed by atoms with Crippen molar-refractivity contribution in [2.45, 2.75) is 25.6 Å². The number of benzene rings is 3. The van der Waals surface area contributed by atoms with Crippen LogP contribution in [0.3, 0.4) is 0 Å². The molecule has 3 aromatic carbocycles. The highest BCUT2D eigenvalue weighted by molar-refractivity contribution is 5.77. The molecule has 4 atom stereocenters. The number of nitrogens with two attached hydrogens (primary N) is 1. The lowest BCUT2D eigenvalue weighted by Crippen LogP contribution is -2.49. The van der Waals surface area contributed by atoms with E-state index in [2.05, 4.69) is 12.1 Å². The van der Waals surface area contributed by atoms with Crippen LogP contribution in [0.4, 0.5) is 10.1 Å². The lowest BCUT2D eigenvalue weighted by atomic mass is 9.73. The average Bonchev–Trinajstić information content (AvgIpc) is 2.79. The number of rotatable bonds is 5. The second-order valence-electron chi connectivity index (χ2n) is 8.06. The molecule has 0 saturated carbocycles. The highest BCUT2D eigenvalue weighted by Gasteiger charge is 2.43. The monoisotopic (exact) mass is 402 g/mol. The van der Waals surface area contributed by atoms with E-state index in [-0.39, 0.29) is 17.7 Å². The van der Waals surface area contributed by atoms with Gasteiger partial charge in [-0.2, -0.15) is 0 Å². The van der Waals surface area contributed by atoms with E-state index in [0.29, 0.717) is 13.0 Å². The number of amides is 1. The van der Waals surface area contributed by atoms with Gasteiger partial charge in [0.25, 0.3) is 0 Å². The van der Waals surface area contributed by atoms with Crippen LogP contribution in [0.15, 0.2) is 84.9 Å². The van der Waals surface area contributed by atoms with Gasteiger partial charge in [-0.15, -0.1) is 0 Å². The van der Waals surface area contributed by atoms with Crippen molar-refractivity contribution >= 4 is 11.6 Å². The third-order valence-electron chi connectivity index (χ3n) is 6.34. The molecule has 4 rings (SSSR count). The smallest absolute Gasteiger partial charge is 0.220 e. The fourth-order valence-electron chi connectivity index (χ4n) is 4.59. The molecule has 3 nitrogen and oxygen atoms in total. The molecule has 1 heterocycles. The van der Waals surface area contributed by atoms with E-state index in [4.69, 9.17) is 5.73 Å². The second kappa shape index (κ2) is 8.70. The minimum atomic E-state index is -1.23. The van der Waals surface area contributed by atoms with Crippen molar-refractivity contribution in [3.8, 4) is 11.1 Å². The maximum absolute atomic E-state index is 16.0. The van der Waals surface area contributed by atoms with Crippen LogP contribution >= 0.6 is 0 Å². The van der Waals surface area contributed by atoms with Crippen LogP contribution < -0.4 is 10.6 Å². The first-order valence-corrected chi connectivity index (χ1v) is 10.5. The van der Waals surface area contributed by atoms with Crippen LogP contribution in [0.1, 0.15) is 24.8 Å². The van der Waals surface area contributed by atoms with Crippen LogP contribution in [0.5, 0.6) is 0 Å². The standard InChI is InChI=1S/C26H27FN2O/c1-18(26(28)30)23-16-17-29(25(27)24(23)21-10-6-3-7-11-21)22-14-12-20(13-15-22)19-8-4-2-5-9-19/h2-15,18,23-25H,16-17H2,1H3,(H2,28,30). The molecule has 0 spiro atoms. The summed E-state index contributed by atoms with van der Waals surface area (Å²) in [7, 11) is 0. The van der Waals surface area contributed by atoms with Gasteiger partial charge in [0.1, 0.15) is 0 Å². The number of nitrogens with zero attached hydrogens (tertiary/aromatic N) is 1. The first-order chi connectivity index (χ1) is 14.6. The van der Waals surface area contributed by atoms with E-state index < -0.39 is 12.2 Å². The summed E-state index contributed by atoms with van der Waals surface area (Å²) < 4.78 is 16.0. The summed E-state index contributed by atoms with van der Waals surface area (Å²) in [6.07, 6.45) is -0.514. The normalized spacial score (nSPS) is 22.5. The molecule has 4 heteroatoms. The van der Waals surface area contributed by atoms with Crippen LogP contribution in [0, 0.1) is 11.8 Å². The average molecular weight is 403 g/mol. The largest absolute Gasteiger partial charge is 0.369 e. The quantitative estimate of drug-likeness (QED) is 0.582. The summed E-state index contributed by atoms with van der Waals surface area (Å²) in [6.45, 7) is 2.37. The maximum Gasteiger partial charge on any atom is 0.220 e. The molecular weight excluding hydrogens is 375 g/mol. The number of hydrogen-bond donors (Lipinski definition) is 1. The molecule has 2 N–H and O–H groups in total. The van der Waals surface area contributed by atoms with Crippen molar-refractivity contribution in [2.75, 3.05) is 11.4 Å². The number of carbonyl (C=O) groups excluding carboxylic acids is 1. The van der Waals surface area contributed by atoms with Gasteiger partial charge in [-0.3, -0.25) is 4.79 Å². The molecule has 0 radical (unpaired) electrons. The zero-order chi connectivity index (χ0) is 21.1. The van der Waals surface area contributed by atoms with Gasteiger partial charge in [0.2, 0.25) is 5.91 Å². The van der Waals surface area contributed by atoms with Crippen LogP contribution in [0.25, 0.3) is 11.1 Å². The Morgan fingerprint density at radius 1 is 0.933 bits per heavy atom. The minimum Gasteiger partial charge on any atom is -0.369 e. The van der Waals surface area contributed by atoms with E-state index in [1.165, 1.54) is 0 Å². The summed E-state index contributed by atoms with van der Waals surface area (Å²) in [5.41, 5.74) is 9.60. The number of primary amides is 1. The minimum absolute atomic E-state index is 0.125. The van der Waals surface area contributed by atoms with E-state index in [1.54, 1.807) is 0 Å². The second-order valence-corrected chi connectivity index (χ2v) is 8.06. The van der Waals surface area contributed by atoms with Gasteiger partial charge in [0.05, 0.1) is 0 Å². The Bertz CT molecular complexity index is 975. The molecule has 0 aliphatic carbocycles. The summed E-state index contributed by atoms with van der Waals surface area (Å²) >= 11 is 0. The Morgan fingerprint density at radius 3 is 2.10 bits per heavy atom. The highest BCUT2D eigenvalue weighted by Crippen LogP contribution is 2.43. The SMILES string of the molecule is CC(C(N)=O)C1CCN(c2ccc(-c3ccccc3)cc2)C(F)C1c1ccccc1. The molecule has 1 aliphatic heterocycles. The summed E-state index contributed by atoms with van der Waals surface area (Å²) in [6, 6.07) is 27.8. The molecule has 1 fully saturated rings. The predicted molar refractivity (Wildman–Crippen MR) is 120 cm³/mol. The molecular formula is C26H27FN2O. The maximum atomic E-state index is 16.0. The number of halogens is 1. The molecule has 1 aliphatic rings. The Labute approximate surface area is 177 Å². The molecule has 3 aromatic rings. The zero-order valence-corrected chi connectivity index (χ0v) is 17.1. The van der Waals surface area contributed by atoms with Crippen molar-refractivity contribution in [1.82, 2.24) is 0 Å². The van der Waals surface area contributed by atoms with Crippen LogP contribution in [-0.4, -0.2) is 18.7 Å². The molecule has 154 valence electrons. The molecule has 0 aromatic heterocycles. The Balaban J connectivity index is 1.63. The molecule has 4 unspecified atom stereocenters. The number of alkyl halides is 1. The fourth-order valence-corrected chi connectivity index (χ4v) is 4.59. The van der Waals surface area contributed by atoms with Crippen molar-refractivity contribution in [3.63, 3.8) is 0 Å². The van der Waals surface area contributed by atoms with Crippen LogP contribution in [0.2, 0.25) is 0 Å². The van der Waals surface area contributed by atoms with Gasteiger partial charge in [-0.25, -0.2) is 4.39 Å². The van der Waals surface area contributed by atoms with E-state index in [1.807, 2.05) is 84.6 Å². The summed E-state index contributed by atoms with van der Waals surface area (Å²) in [5, 5.41) is 0. The van der Waals surface area contributed by atoms with E-state index in [9.17, 15) is 4.79 Å².